The fourth-order valence-electron chi connectivity index (χ4n) is 4.27. The van der Waals surface area contributed by atoms with E-state index in [0.29, 0.717) is 42.1 Å². The van der Waals surface area contributed by atoms with Crippen LogP contribution in [0.3, 0.4) is 0 Å². The maximum atomic E-state index is 14.6. The number of carbonyl (C=O) groups excluding carboxylic acids is 1. The molecule has 1 saturated heterocycles. The largest absolute Gasteiger partial charge is 0.497 e. The summed E-state index contributed by atoms with van der Waals surface area (Å²) in [6, 6.07) is 14.6. The minimum absolute atomic E-state index is 0.0328. The predicted molar refractivity (Wildman–Crippen MR) is 124 cm³/mol. The Morgan fingerprint density at radius 2 is 1.97 bits per heavy atom. The van der Waals surface area contributed by atoms with Gasteiger partial charge in [-0.1, -0.05) is 24.3 Å². The maximum absolute atomic E-state index is 14.6. The minimum Gasteiger partial charge on any atom is -0.497 e. The number of fused-ring (bicyclic) bond motifs is 1. The van der Waals surface area contributed by atoms with Gasteiger partial charge in [0, 0.05) is 31.3 Å². The number of methoxy groups -OCH3 is 1. The monoisotopic (exact) mass is 445 g/mol. The molecule has 1 fully saturated rings. The molecule has 7 nitrogen and oxygen atoms in total. The van der Waals surface area contributed by atoms with Gasteiger partial charge in [-0.15, -0.1) is 0 Å². The van der Waals surface area contributed by atoms with Gasteiger partial charge in [0.2, 0.25) is 5.91 Å². The Hall–Kier alpha value is -3.78. The Kier molecular flexibility index (Phi) is 5.51. The normalized spacial score (nSPS) is 13.8. The molecule has 1 aliphatic heterocycles. The van der Waals surface area contributed by atoms with Crippen LogP contribution in [0.5, 0.6) is 5.75 Å². The van der Waals surface area contributed by atoms with E-state index in [1.54, 1.807) is 29.0 Å². The first-order chi connectivity index (χ1) is 16.1. The quantitative estimate of drug-likeness (QED) is 0.487. The fraction of sp³-hybridized carbons (Fsp3) is 0.240. The summed E-state index contributed by atoms with van der Waals surface area (Å²) in [7, 11) is 1.63. The summed E-state index contributed by atoms with van der Waals surface area (Å²) >= 11 is 0. The number of anilines is 1. The van der Waals surface area contributed by atoms with E-state index in [1.165, 1.54) is 6.07 Å². The molecular formula is C25H24FN5O2. The lowest BCUT2D eigenvalue weighted by Gasteiger charge is -2.14. The highest BCUT2D eigenvalue weighted by Crippen LogP contribution is 2.37. The second-order valence-electron chi connectivity index (χ2n) is 8.05. The van der Waals surface area contributed by atoms with Crippen molar-refractivity contribution in [1.29, 1.82) is 0 Å². The van der Waals surface area contributed by atoms with Crippen molar-refractivity contribution in [2.75, 3.05) is 18.6 Å². The fourth-order valence-corrected chi connectivity index (χ4v) is 4.27. The summed E-state index contributed by atoms with van der Waals surface area (Å²) in [6.45, 7) is 1.20. The maximum Gasteiger partial charge on any atom is 0.228 e. The summed E-state index contributed by atoms with van der Waals surface area (Å²) in [4.78, 5) is 18.9. The van der Waals surface area contributed by atoms with E-state index in [0.717, 1.165) is 28.7 Å². The zero-order valence-corrected chi connectivity index (χ0v) is 18.3. The number of aromatic nitrogens is 3. The molecular weight excluding hydrogens is 421 g/mol. The third-order valence-electron chi connectivity index (χ3n) is 6.02. The molecule has 0 spiro atoms. The predicted octanol–water partition coefficient (Wildman–Crippen LogP) is 3.88. The van der Waals surface area contributed by atoms with Gasteiger partial charge in [0.25, 0.3) is 0 Å². The van der Waals surface area contributed by atoms with E-state index < -0.39 is 0 Å². The number of ether oxygens (including phenoxy) is 1. The van der Waals surface area contributed by atoms with Gasteiger partial charge < -0.3 is 10.5 Å². The third-order valence-corrected chi connectivity index (χ3v) is 6.02. The van der Waals surface area contributed by atoms with Crippen molar-refractivity contribution in [1.82, 2.24) is 14.8 Å². The molecule has 0 aliphatic carbocycles. The van der Waals surface area contributed by atoms with Crippen molar-refractivity contribution in [2.45, 2.75) is 25.9 Å². The highest BCUT2D eigenvalue weighted by Gasteiger charge is 2.28. The standard InChI is InChI=1S/C25H24FN5O2/c1-33-19-8-4-16(5-9-19)15-31-24-23(25(29-31)30-12-2-3-22(30)32)20(10-11-28-24)17-6-7-18(14-27)21(26)13-17/h4-11,13H,2-3,12,14-15,27H2,1H3. The van der Waals surface area contributed by atoms with E-state index >= 15 is 0 Å². The van der Waals surface area contributed by atoms with Crippen LogP contribution >= 0.6 is 0 Å². The van der Waals surface area contributed by atoms with Crippen LogP contribution in [0.2, 0.25) is 0 Å². The molecule has 0 unspecified atom stereocenters. The van der Waals surface area contributed by atoms with Crippen LogP contribution < -0.4 is 15.4 Å². The number of nitrogens with two attached hydrogens (primary N) is 1. The molecule has 4 aromatic rings. The van der Waals surface area contributed by atoms with Crippen molar-refractivity contribution in [2.24, 2.45) is 5.73 Å². The second-order valence-corrected chi connectivity index (χ2v) is 8.05. The summed E-state index contributed by atoms with van der Waals surface area (Å²) in [6.07, 6.45) is 2.96. The van der Waals surface area contributed by atoms with Gasteiger partial charge in [0.15, 0.2) is 11.5 Å². The number of benzene rings is 2. The minimum atomic E-state index is -0.357. The number of amides is 1. The van der Waals surface area contributed by atoms with Gasteiger partial charge in [-0.05, 0) is 47.4 Å². The van der Waals surface area contributed by atoms with Crippen LogP contribution in [-0.2, 0) is 17.9 Å². The first-order valence-corrected chi connectivity index (χ1v) is 10.9. The molecule has 168 valence electrons. The van der Waals surface area contributed by atoms with Crippen molar-refractivity contribution >= 4 is 22.8 Å². The first kappa shape index (κ1) is 21.1. The van der Waals surface area contributed by atoms with Crippen molar-refractivity contribution in [3.63, 3.8) is 0 Å². The summed E-state index contributed by atoms with van der Waals surface area (Å²) in [5, 5.41) is 5.55. The third kappa shape index (κ3) is 3.82. The molecule has 1 aliphatic rings. The molecule has 0 radical (unpaired) electrons. The number of rotatable bonds is 6. The summed E-state index contributed by atoms with van der Waals surface area (Å²) in [5.41, 5.74) is 9.21. The Morgan fingerprint density at radius 3 is 2.64 bits per heavy atom. The van der Waals surface area contributed by atoms with Crippen molar-refractivity contribution < 1.29 is 13.9 Å². The van der Waals surface area contributed by atoms with E-state index in [2.05, 4.69) is 4.98 Å². The van der Waals surface area contributed by atoms with E-state index in [-0.39, 0.29) is 18.3 Å². The molecule has 8 heteroatoms. The van der Waals surface area contributed by atoms with Gasteiger partial charge in [-0.25, -0.2) is 14.1 Å². The number of halogens is 1. The van der Waals surface area contributed by atoms with Crippen LogP contribution in [0, 0.1) is 5.82 Å². The first-order valence-electron chi connectivity index (χ1n) is 10.9. The van der Waals surface area contributed by atoms with Gasteiger partial charge in [0.1, 0.15) is 11.6 Å². The van der Waals surface area contributed by atoms with Gasteiger partial charge in [0.05, 0.1) is 19.0 Å². The number of hydrogen-bond donors (Lipinski definition) is 1. The Labute approximate surface area is 190 Å². The highest BCUT2D eigenvalue weighted by atomic mass is 19.1. The molecule has 0 atom stereocenters. The van der Waals surface area contributed by atoms with Crippen LogP contribution in [-0.4, -0.2) is 34.3 Å². The lowest BCUT2D eigenvalue weighted by molar-refractivity contribution is -0.117. The Bertz CT molecular complexity index is 1330. The molecule has 1 amide bonds. The van der Waals surface area contributed by atoms with Crippen LogP contribution in [0.25, 0.3) is 22.2 Å². The zero-order valence-electron chi connectivity index (χ0n) is 18.3. The molecule has 5 rings (SSSR count). The van der Waals surface area contributed by atoms with Crippen molar-refractivity contribution in [3.8, 4) is 16.9 Å². The van der Waals surface area contributed by atoms with Gasteiger partial charge >= 0.3 is 0 Å². The molecule has 33 heavy (non-hydrogen) atoms. The SMILES string of the molecule is COc1ccc(Cn2nc(N3CCCC3=O)c3c(-c4ccc(CN)c(F)c4)ccnc32)cc1. The van der Waals surface area contributed by atoms with E-state index in [1.807, 2.05) is 36.4 Å². The topological polar surface area (TPSA) is 86.3 Å². The highest BCUT2D eigenvalue weighted by molar-refractivity contribution is 6.07. The van der Waals surface area contributed by atoms with Crippen LogP contribution in [0.1, 0.15) is 24.0 Å². The number of carbonyl (C=O) groups is 1. The van der Waals surface area contributed by atoms with Crippen LogP contribution in [0.15, 0.2) is 54.7 Å². The second kappa shape index (κ2) is 8.63. The molecule has 3 heterocycles. The average molecular weight is 445 g/mol. The van der Waals surface area contributed by atoms with Gasteiger partial charge in [-0.2, -0.15) is 5.10 Å². The Balaban J connectivity index is 1.67. The lowest BCUT2D eigenvalue weighted by atomic mass is 10.0. The molecule has 2 aromatic carbocycles. The number of nitrogens with zero attached hydrogens (tertiary/aromatic N) is 4. The average Bonchev–Trinajstić information content (AvgIpc) is 3.42. The summed E-state index contributed by atoms with van der Waals surface area (Å²) < 4.78 is 21.6. The smallest absolute Gasteiger partial charge is 0.228 e. The summed E-state index contributed by atoms with van der Waals surface area (Å²) in [5.74, 6) is 1.01. The zero-order chi connectivity index (χ0) is 22.9. The molecule has 0 saturated carbocycles. The number of hydrogen-bond acceptors (Lipinski definition) is 5. The molecule has 2 N–H and O–H groups in total. The number of pyridine rings is 1. The van der Waals surface area contributed by atoms with Crippen molar-refractivity contribution in [3.05, 3.63) is 71.7 Å². The lowest BCUT2D eigenvalue weighted by Crippen LogP contribution is -2.24. The van der Waals surface area contributed by atoms with E-state index in [9.17, 15) is 9.18 Å². The van der Waals surface area contributed by atoms with Gasteiger partial charge in [-0.3, -0.25) is 9.69 Å². The molecule has 0 bridgehead atoms. The Morgan fingerprint density at radius 1 is 1.15 bits per heavy atom. The van der Waals surface area contributed by atoms with E-state index in [4.69, 9.17) is 15.6 Å². The van der Waals surface area contributed by atoms with Crippen LogP contribution in [0.4, 0.5) is 10.2 Å². The molecule has 2 aromatic heterocycles.